The molecule has 6 heteroatoms. The molecule has 1 N–H and O–H groups in total. The van der Waals surface area contributed by atoms with E-state index in [2.05, 4.69) is 9.97 Å². The largest absolute Gasteiger partial charge is 0.344 e. The van der Waals surface area contributed by atoms with Gasteiger partial charge < -0.3 is 14.5 Å². The number of carbonyl (C=O) groups excluding carboxylic acids is 1. The fourth-order valence-electron chi connectivity index (χ4n) is 2.59. The Balaban J connectivity index is 1.63. The zero-order valence-electron chi connectivity index (χ0n) is 13.2. The molecule has 2 heterocycles. The monoisotopic (exact) mass is 314 g/mol. The van der Waals surface area contributed by atoms with Gasteiger partial charge in [0, 0.05) is 32.4 Å². The summed E-state index contributed by atoms with van der Waals surface area (Å²) >= 11 is 0. The third-order valence-corrected chi connectivity index (χ3v) is 3.99. The van der Waals surface area contributed by atoms with Gasteiger partial charge in [-0.05, 0) is 37.3 Å². The van der Waals surface area contributed by atoms with Crippen LogP contribution in [0.4, 0.5) is 4.39 Å². The number of fused-ring (bicyclic) bond motifs is 1. The molecule has 0 radical (unpaired) electrons. The average Bonchev–Trinajstić information content (AvgIpc) is 3.19. The number of nitrogens with one attached hydrogen (secondary N) is 1. The van der Waals surface area contributed by atoms with E-state index < -0.39 is 0 Å². The number of nitrogens with zero attached hydrogens (tertiary/aromatic N) is 3. The van der Waals surface area contributed by atoms with E-state index in [1.807, 2.05) is 36.0 Å². The second kappa shape index (κ2) is 6.24. The lowest BCUT2D eigenvalue weighted by Gasteiger charge is -2.22. The Kier molecular flexibility index (Phi) is 4.14. The molecule has 23 heavy (non-hydrogen) atoms. The molecule has 0 unspecified atom stereocenters. The molecule has 0 aliphatic rings. The zero-order valence-corrected chi connectivity index (χ0v) is 13.2. The number of rotatable bonds is 5. The predicted molar refractivity (Wildman–Crippen MR) is 86.5 cm³/mol. The van der Waals surface area contributed by atoms with Crippen LogP contribution in [0.3, 0.4) is 0 Å². The Morgan fingerprint density at radius 3 is 2.87 bits per heavy atom. The van der Waals surface area contributed by atoms with E-state index in [1.165, 1.54) is 12.1 Å². The number of amides is 1. The van der Waals surface area contributed by atoms with Crippen LogP contribution >= 0.6 is 0 Å². The Bertz CT molecular complexity index is 809. The molecule has 0 bridgehead atoms. The van der Waals surface area contributed by atoms with Gasteiger partial charge in [0.25, 0.3) is 0 Å². The van der Waals surface area contributed by atoms with Gasteiger partial charge in [-0.2, -0.15) is 0 Å². The first-order valence-corrected chi connectivity index (χ1v) is 7.56. The van der Waals surface area contributed by atoms with Crippen LogP contribution in [-0.4, -0.2) is 38.9 Å². The van der Waals surface area contributed by atoms with Gasteiger partial charge >= 0.3 is 0 Å². The summed E-state index contributed by atoms with van der Waals surface area (Å²) < 4.78 is 15.1. The van der Waals surface area contributed by atoms with Crippen LogP contribution in [0.1, 0.15) is 18.8 Å². The number of aromatic nitrogens is 3. The Morgan fingerprint density at radius 2 is 2.13 bits per heavy atom. The molecular weight excluding hydrogens is 295 g/mol. The van der Waals surface area contributed by atoms with Gasteiger partial charge in [-0.15, -0.1) is 0 Å². The van der Waals surface area contributed by atoms with Crippen molar-refractivity contribution in [3.05, 3.63) is 54.4 Å². The highest BCUT2D eigenvalue weighted by molar-refractivity contribution is 5.80. The molecule has 2 aromatic heterocycles. The summed E-state index contributed by atoms with van der Waals surface area (Å²) in [5, 5.41) is 0. The average molecular weight is 314 g/mol. The molecular formula is C17H19FN4O. The molecule has 120 valence electrons. The van der Waals surface area contributed by atoms with Crippen molar-refractivity contribution in [3.63, 3.8) is 0 Å². The number of aromatic amines is 1. The highest BCUT2D eigenvalue weighted by Gasteiger charge is 2.18. The molecule has 5 nitrogen and oxygen atoms in total. The maximum Gasteiger partial charge on any atom is 0.245 e. The fraction of sp³-hybridized carbons (Fsp3) is 0.294. The van der Waals surface area contributed by atoms with Crippen molar-refractivity contribution in [2.75, 3.05) is 13.6 Å². The quantitative estimate of drug-likeness (QED) is 0.787. The first kappa shape index (κ1) is 15.3. The van der Waals surface area contributed by atoms with Crippen molar-refractivity contribution >= 4 is 16.9 Å². The van der Waals surface area contributed by atoms with Gasteiger partial charge in [0.1, 0.15) is 17.7 Å². The highest BCUT2D eigenvalue weighted by Crippen LogP contribution is 2.14. The topological polar surface area (TPSA) is 53.9 Å². The number of benzene rings is 1. The van der Waals surface area contributed by atoms with Gasteiger partial charge in [0.05, 0.1) is 11.0 Å². The summed E-state index contributed by atoms with van der Waals surface area (Å²) in [5.74, 6) is 0.503. The molecule has 1 atom stereocenters. The minimum absolute atomic E-state index is 0.0448. The number of halogens is 1. The van der Waals surface area contributed by atoms with Crippen LogP contribution in [0.25, 0.3) is 11.0 Å². The van der Waals surface area contributed by atoms with Gasteiger partial charge in [-0.25, -0.2) is 9.37 Å². The van der Waals surface area contributed by atoms with Gasteiger partial charge in [-0.3, -0.25) is 4.79 Å². The summed E-state index contributed by atoms with van der Waals surface area (Å²) in [5.41, 5.74) is 1.41. The van der Waals surface area contributed by atoms with Crippen LogP contribution in [0.15, 0.2) is 42.7 Å². The number of carbonyl (C=O) groups is 1. The lowest BCUT2D eigenvalue weighted by atomic mass is 10.2. The van der Waals surface area contributed by atoms with Crippen LogP contribution < -0.4 is 0 Å². The Morgan fingerprint density at radius 1 is 1.39 bits per heavy atom. The van der Waals surface area contributed by atoms with E-state index in [-0.39, 0.29) is 17.8 Å². The molecule has 0 fully saturated rings. The van der Waals surface area contributed by atoms with Crippen molar-refractivity contribution < 1.29 is 9.18 Å². The molecule has 1 aromatic carbocycles. The molecule has 3 aromatic rings. The second-order valence-corrected chi connectivity index (χ2v) is 5.66. The number of likely N-dealkylation sites (N-methyl/N-ethyl adjacent to an activating group) is 1. The molecule has 1 amide bonds. The second-order valence-electron chi connectivity index (χ2n) is 5.66. The summed E-state index contributed by atoms with van der Waals surface area (Å²) in [6.07, 6.45) is 4.35. The van der Waals surface area contributed by atoms with Crippen LogP contribution in [0.2, 0.25) is 0 Å². The maximum absolute atomic E-state index is 13.2. The maximum atomic E-state index is 13.2. The van der Waals surface area contributed by atoms with Crippen molar-refractivity contribution in [2.45, 2.75) is 19.4 Å². The molecule has 3 rings (SSSR count). The summed E-state index contributed by atoms with van der Waals surface area (Å²) in [6.45, 7) is 2.43. The lowest BCUT2D eigenvalue weighted by Crippen LogP contribution is -2.34. The fourth-order valence-corrected chi connectivity index (χ4v) is 2.59. The van der Waals surface area contributed by atoms with E-state index in [0.717, 1.165) is 11.3 Å². The minimum atomic E-state index is -0.291. The van der Waals surface area contributed by atoms with Crippen molar-refractivity contribution in [2.24, 2.45) is 0 Å². The third-order valence-electron chi connectivity index (χ3n) is 3.99. The third kappa shape index (κ3) is 3.26. The van der Waals surface area contributed by atoms with Crippen LogP contribution in [0, 0.1) is 5.82 Å². The normalized spacial score (nSPS) is 12.5. The van der Waals surface area contributed by atoms with E-state index in [4.69, 9.17) is 0 Å². The molecule has 0 saturated heterocycles. The van der Waals surface area contributed by atoms with Crippen molar-refractivity contribution in [1.82, 2.24) is 19.4 Å². The SMILES string of the molecule is C[C@@H](C(=O)N(C)CCc1nc2ccc(F)cc2[nH]1)n1cccc1. The summed E-state index contributed by atoms with van der Waals surface area (Å²) in [4.78, 5) is 21.6. The lowest BCUT2D eigenvalue weighted by molar-refractivity contribution is -0.132. The summed E-state index contributed by atoms with van der Waals surface area (Å²) in [6, 6.07) is 8.03. The number of imidazole rings is 1. The highest BCUT2D eigenvalue weighted by atomic mass is 19.1. The molecule has 0 aliphatic heterocycles. The smallest absolute Gasteiger partial charge is 0.245 e. The van der Waals surface area contributed by atoms with Gasteiger partial charge in [-0.1, -0.05) is 0 Å². The van der Waals surface area contributed by atoms with Crippen molar-refractivity contribution in [1.29, 1.82) is 0 Å². The number of hydrogen-bond acceptors (Lipinski definition) is 2. The first-order valence-electron chi connectivity index (χ1n) is 7.56. The standard InChI is InChI=1S/C17H19FN4O/c1-12(22-8-3-4-9-22)17(23)21(2)10-7-16-19-14-6-5-13(18)11-15(14)20-16/h3-6,8-9,11-12H,7,10H2,1-2H3,(H,19,20)/t12-/m0/s1. The molecule has 0 spiro atoms. The molecule has 0 saturated carbocycles. The molecule has 0 aliphatic carbocycles. The van der Waals surface area contributed by atoms with Crippen LogP contribution in [0.5, 0.6) is 0 Å². The Hall–Kier alpha value is -2.63. The number of hydrogen-bond donors (Lipinski definition) is 1. The zero-order chi connectivity index (χ0) is 16.4. The van der Waals surface area contributed by atoms with E-state index >= 15 is 0 Å². The minimum Gasteiger partial charge on any atom is -0.344 e. The Labute approximate surface area is 133 Å². The summed E-state index contributed by atoms with van der Waals surface area (Å²) in [7, 11) is 1.78. The van der Waals surface area contributed by atoms with Crippen molar-refractivity contribution in [3.8, 4) is 0 Å². The van der Waals surface area contributed by atoms with Gasteiger partial charge in [0.15, 0.2) is 0 Å². The number of H-pyrrole nitrogens is 1. The predicted octanol–water partition coefficient (Wildman–Crippen LogP) is 2.77. The van der Waals surface area contributed by atoms with E-state index in [9.17, 15) is 9.18 Å². The van der Waals surface area contributed by atoms with E-state index in [1.54, 1.807) is 18.0 Å². The van der Waals surface area contributed by atoms with Gasteiger partial charge in [0.2, 0.25) is 5.91 Å². The first-order chi connectivity index (χ1) is 11.0. The van der Waals surface area contributed by atoms with E-state index in [0.29, 0.717) is 18.5 Å². The van der Waals surface area contributed by atoms with Crippen LogP contribution in [-0.2, 0) is 11.2 Å².